The van der Waals surface area contributed by atoms with Crippen LogP contribution in [-0.4, -0.2) is 23.8 Å². The van der Waals surface area contributed by atoms with Gasteiger partial charge in [-0.05, 0) is 61.9 Å². The minimum atomic E-state index is -0.416. The number of amides is 1. The van der Waals surface area contributed by atoms with Crippen LogP contribution < -0.4 is 10.2 Å². The van der Waals surface area contributed by atoms with Gasteiger partial charge in [-0.25, -0.2) is 5.43 Å². The number of azo groups is 1. The molecule has 0 heterocycles. The number of halogens is 1. The number of aromatic hydroxyl groups is 1. The van der Waals surface area contributed by atoms with Crippen molar-refractivity contribution in [1.29, 1.82) is 0 Å². The molecule has 3 rings (SSSR count). The van der Waals surface area contributed by atoms with Crippen LogP contribution in [0.2, 0.25) is 0 Å². The highest BCUT2D eigenvalue weighted by Crippen LogP contribution is 2.25. The third kappa shape index (κ3) is 6.75. The summed E-state index contributed by atoms with van der Waals surface area (Å²) in [5, 5.41) is 22.2. The van der Waals surface area contributed by atoms with Gasteiger partial charge in [-0.3, -0.25) is 4.79 Å². The van der Waals surface area contributed by atoms with Gasteiger partial charge in [-0.2, -0.15) is 15.3 Å². The molecule has 0 saturated carbocycles. The van der Waals surface area contributed by atoms with Crippen molar-refractivity contribution < 1.29 is 14.6 Å². The second-order valence-electron chi connectivity index (χ2n) is 6.77. The van der Waals surface area contributed by atoms with Crippen LogP contribution in [0.3, 0.4) is 0 Å². The fourth-order valence-corrected chi connectivity index (χ4v) is 3.06. The number of carbonyl (C=O) groups is 1. The van der Waals surface area contributed by atoms with Crippen LogP contribution >= 0.6 is 15.9 Å². The van der Waals surface area contributed by atoms with E-state index in [1.165, 1.54) is 12.3 Å². The van der Waals surface area contributed by atoms with Crippen molar-refractivity contribution in [2.24, 2.45) is 15.3 Å². The van der Waals surface area contributed by atoms with Crippen molar-refractivity contribution in [1.82, 2.24) is 5.43 Å². The van der Waals surface area contributed by atoms with Gasteiger partial charge >= 0.3 is 0 Å². The zero-order chi connectivity index (χ0) is 22.2. The summed E-state index contributed by atoms with van der Waals surface area (Å²) < 4.78 is 6.42. The number of nitrogens with one attached hydrogen (secondary N) is 1. The highest BCUT2D eigenvalue weighted by molar-refractivity contribution is 9.10. The number of rotatable bonds is 7. The average Bonchev–Trinajstić information content (AvgIpc) is 2.73. The maximum atomic E-state index is 12.0. The number of hydrogen-bond acceptors (Lipinski definition) is 6. The molecule has 31 heavy (non-hydrogen) atoms. The number of phenolic OH excluding ortho intramolecular Hbond substituents is 1. The molecule has 1 amide bonds. The molecule has 7 nitrogen and oxygen atoms in total. The van der Waals surface area contributed by atoms with E-state index in [0.717, 1.165) is 15.6 Å². The van der Waals surface area contributed by atoms with E-state index in [-0.39, 0.29) is 12.4 Å². The van der Waals surface area contributed by atoms with Gasteiger partial charge in [0.15, 0.2) is 6.61 Å². The van der Waals surface area contributed by atoms with Gasteiger partial charge in [0.05, 0.1) is 17.6 Å². The largest absolute Gasteiger partial charge is 0.507 e. The van der Waals surface area contributed by atoms with E-state index in [1.807, 2.05) is 56.3 Å². The highest BCUT2D eigenvalue weighted by atomic mass is 79.9. The van der Waals surface area contributed by atoms with Crippen molar-refractivity contribution in [3.63, 3.8) is 0 Å². The number of hydrazone groups is 1. The number of phenols is 1. The number of hydrogen-bond donors (Lipinski definition) is 2. The Kier molecular flexibility index (Phi) is 7.50. The van der Waals surface area contributed by atoms with Crippen LogP contribution in [0, 0.1) is 13.8 Å². The zero-order valence-corrected chi connectivity index (χ0v) is 18.6. The van der Waals surface area contributed by atoms with E-state index >= 15 is 0 Å². The lowest BCUT2D eigenvalue weighted by Crippen LogP contribution is -2.24. The first-order valence-corrected chi connectivity index (χ1v) is 10.2. The van der Waals surface area contributed by atoms with Crippen LogP contribution in [0.1, 0.15) is 16.7 Å². The average molecular weight is 481 g/mol. The molecule has 0 aliphatic carbocycles. The van der Waals surface area contributed by atoms with E-state index in [1.54, 1.807) is 12.1 Å². The molecule has 158 valence electrons. The molecule has 8 heteroatoms. The first kappa shape index (κ1) is 22.2. The molecule has 0 aliphatic heterocycles. The van der Waals surface area contributed by atoms with Crippen molar-refractivity contribution in [2.75, 3.05) is 6.61 Å². The molecule has 0 fully saturated rings. The normalized spacial score (nSPS) is 11.2. The molecule has 0 aromatic heterocycles. The number of nitrogens with zero attached hydrogens (tertiary/aromatic N) is 3. The van der Waals surface area contributed by atoms with Gasteiger partial charge in [0.25, 0.3) is 5.91 Å². The lowest BCUT2D eigenvalue weighted by Gasteiger charge is -2.08. The monoisotopic (exact) mass is 480 g/mol. The third-order valence-corrected chi connectivity index (χ3v) is 4.68. The highest BCUT2D eigenvalue weighted by Gasteiger charge is 2.05. The molecule has 0 saturated heterocycles. The standard InChI is InChI=1S/C23H21BrN4O3/c1-15-6-9-22(16(2)10-15)31-14-23(30)28-25-13-17-11-20(7-8-21(17)29)27-26-19-5-3-4-18(24)12-19/h3-13,29H,14H2,1-2H3,(H,28,30). The Morgan fingerprint density at radius 3 is 2.58 bits per heavy atom. The van der Waals surface area contributed by atoms with Crippen molar-refractivity contribution in [2.45, 2.75) is 13.8 Å². The summed E-state index contributed by atoms with van der Waals surface area (Å²) in [4.78, 5) is 12.0. The molecular weight excluding hydrogens is 460 g/mol. The predicted octanol–water partition coefficient (Wildman–Crippen LogP) is 5.72. The molecule has 0 atom stereocenters. The smallest absolute Gasteiger partial charge is 0.277 e. The van der Waals surface area contributed by atoms with Gasteiger partial charge in [-0.1, -0.05) is 39.7 Å². The second kappa shape index (κ2) is 10.5. The number of ether oxygens (including phenoxy) is 1. The molecule has 0 aliphatic rings. The quantitative estimate of drug-likeness (QED) is 0.257. The Balaban J connectivity index is 1.58. The first-order chi connectivity index (χ1) is 14.9. The SMILES string of the molecule is Cc1ccc(OCC(=O)NN=Cc2cc(N=Nc3cccc(Br)c3)ccc2O)c(C)c1. The Hall–Kier alpha value is -3.52. The van der Waals surface area contributed by atoms with Crippen LogP contribution in [0.25, 0.3) is 0 Å². The zero-order valence-electron chi connectivity index (χ0n) is 17.0. The van der Waals surface area contributed by atoms with E-state index in [0.29, 0.717) is 22.7 Å². The molecular formula is C23H21BrN4O3. The summed E-state index contributed by atoms with van der Waals surface area (Å²) in [6.45, 7) is 3.74. The summed E-state index contributed by atoms with van der Waals surface area (Å²) in [7, 11) is 0. The number of aryl methyl sites for hydroxylation is 2. The number of carbonyl (C=O) groups excluding carboxylic acids is 1. The minimum absolute atomic E-state index is 0.00550. The third-order valence-electron chi connectivity index (χ3n) is 4.18. The molecule has 0 radical (unpaired) electrons. The van der Waals surface area contributed by atoms with E-state index in [2.05, 4.69) is 36.7 Å². The molecule has 0 bridgehead atoms. The van der Waals surface area contributed by atoms with Crippen molar-refractivity contribution >= 4 is 39.4 Å². The fraction of sp³-hybridized carbons (Fsp3) is 0.130. The summed E-state index contributed by atoms with van der Waals surface area (Å²) in [5.41, 5.74) is 6.06. The number of benzene rings is 3. The van der Waals surface area contributed by atoms with Gasteiger partial charge in [0.1, 0.15) is 11.5 Å². The summed E-state index contributed by atoms with van der Waals surface area (Å²) in [6.07, 6.45) is 1.34. The van der Waals surface area contributed by atoms with Crippen molar-refractivity contribution in [3.05, 3.63) is 81.8 Å². The Labute approximate surface area is 188 Å². The van der Waals surface area contributed by atoms with Crippen LogP contribution in [-0.2, 0) is 4.79 Å². The minimum Gasteiger partial charge on any atom is -0.507 e. The Morgan fingerprint density at radius 1 is 1.06 bits per heavy atom. The molecule has 0 unspecified atom stereocenters. The molecule has 3 aromatic rings. The van der Waals surface area contributed by atoms with E-state index in [9.17, 15) is 9.90 Å². The second-order valence-corrected chi connectivity index (χ2v) is 7.69. The maximum absolute atomic E-state index is 12.0. The molecule has 0 spiro atoms. The molecule has 2 N–H and O–H groups in total. The predicted molar refractivity (Wildman–Crippen MR) is 124 cm³/mol. The van der Waals surface area contributed by atoms with Gasteiger partial charge < -0.3 is 9.84 Å². The lowest BCUT2D eigenvalue weighted by molar-refractivity contribution is -0.123. The topological polar surface area (TPSA) is 95.6 Å². The van der Waals surface area contributed by atoms with Gasteiger partial charge in [0.2, 0.25) is 0 Å². The fourth-order valence-electron chi connectivity index (χ4n) is 2.67. The van der Waals surface area contributed by atoms with Crippen LogP contribution in [0.4, 0.5) is 11.4 Å². The maximum Gasteiger partial charge on any atom is 0.277 e. The Morgan fingerprint density at radius 2 is 1.84 bits per heavy atom. The van der Waals surface area contributed by atoms with E-state index in [4.69, 9.17) is 4.74 Å². The lowest BCUT2D eigenvalue weighted by atomic mass is 10.1. The summed E-state index contributed by atoms with van der Waals surface area (Å²) in [5.74, 6) is 0.234. The molecule has 3 aromatic carbocycles. The Bertz CT molecular complexity index is 1150. The van der Waals surface area contributed by atoms with Crippen LogP contribution in [0.15, 0.2) is 80.5 Å². The van der Waals surface area contributed by atoms with Gasteiger partial charge in [-0.15, -0.1) is 0 Å². The summed E-state index contributed by atoms with van der Waals surface area (Å²) in [6, 6.07) is 17.9. The van der Waals surface area contributed by atoms with Crippen molar-refractivity contribution in [3.8, 4) is 11.5 Å². The van der Waals surface area contributed by atoms with Gasteiger partial charge in [0, 0.05) is 10.0 Å². The summed E-state index contributed by atoms with van der Waals surface area (Å²) >= 11 is 3.38. The van der Waals surface area contributed by atoms with E-state index < -0.39 is 5.91 Å². The first-order valence-electron chi connectivity index (χ1n) is 9.43. The van der Waals surface area contributed by atoms with Crippen LogP contribution in [0.5, 0.6) is 11.5 Å².